The topological polar surface area (TPSA) is 26.3 Å². The number of methoxy groups -OCH3 is 1. The third-order valence-corrected chi connectivity index (χ3v) is 3.57. The maximum Gasteiger partial charge on any atom is 0.416 e. The predicted molar refractivity (Wildman–Crippen MR) is 64.0 cm³/mol. The maximum absolute atomic E-state index is 13.1. The van der Waals surface area contributed by atoms with Crippen molar-refractivity contribution in [2.24, 2.45) is 0 Å². The van der Waals surface area contributed by atoms with Crippen LogP contribution >= 0.6 is 0 Å². The summed E-state index contributed by atoms with van der Waals surface area (Å²) in [6, 6.07) is 3.74. The van der Waals surface area contributed by atoms with Crippen molar-refractivity contribution in [2.45, 2.75) is 37.8 Å². The molecule has 1 aromatic carbocycles. The Morgan fingerprint density at radius 2 is 1.89 bits per heavy atom. The Balaban J connectivity index is 2.45. The average Bonchev–Trinajstić information content (AvgIpc) is 2.90. The van der Waals surface area contributed by atoms with Gasteiger partial charge in [-0.3, -0.25) is 0 Å². The summed E-state index contributed by atoms with van der Waals surface area (Å²) in [5, 5.41) is 0. The molecule has 0 aromatic heterocycles. The summed E-state index contributed by atoms with van der Waals surface area (Å²) in [5.74, 6) is -0.799. The van der Waals surface area contributed by atoms with E-state index in [0.29, 0.717) is 5.56 Å². The molecule has 0 spiro atoms. The number of rotatable bonds is 2. The lowest BCUT2D eigenvalue weighted by Gasteiger charge is -2.18. The van der Waals surface area contributed by atoms with Crippen molar-refractivity contribution >= 4 is 5.97 Å². The van der Waals surface area contributed by atoms with Crippen molar-refractivity contribution in [1.29, 1.82) is 0 Å². The van der Waals surface area contributed by atoms with Crippen LogP contribution in [0.4, 0.5) is 13.2 Å². The molecule has 1 aliphatic carbocycles. The summed E-state index contributed by atoms with van der Waals surface area (Å²) in [4.78, 5) is 11.3. The Hall–Kier alpha value is -1.52. The fourth-order valence-electron chi connectivity index (χ4n) is 2.64. The smallest absolute Gasteiger partial charge is 0.416 e. The van der Waals surface area contributed by atoms with Crippen LogP contribution in [0, 0.1) is 0 Å². The number of halogens is 3. The van der Waals surface area contributed by atoms with Crippen LogP contribution in [0.2, 0.25) is 0 Å². The van der Waals surface area contributed by atoms with E-state index in [-0.39, 0.29) is 11.5 Å². The summed E-state index contributed by atoms with van der Waals surface area (Å²) >= 11 is 0. The normalized spacial score (nSPS) is 16.6. The molecule has 0 bridgehead atoms. The van der Waals surface area contributed by atoms with Crippen LogP contribution in [-0.2, 0) is 10.9 Å². The molecule has 1 aliphatic rings. The Kier molecular flexibility index (Phi) is 3.83. The van der Waals surface area contributed by atoms with E-state index in [0.717, 1.165) is 38.9 Å². The molecule has 1 saturated carbocycles. The minimum Gasteiger partial charge on any atom is -0.465 e. The molecule has 0 heterocycles. The SMILES string of the molecule is COC(=O)c1ccc(C2CCCC2)c(C(F)(F)F)c1. The van der Waals surface area contributed by atoms with E-state index in [1.165, 1.54) is 12.1 Å². The van der Waals surface area contributed by atoms with Gasteiger partial charge < -0.3 is 4.74 Å². The molecule has 19 heavy (non-hydrogen) atoms. The van der Waals surface area contributed by atoms with Crippen molar-refractivity contribution in [2.75, 3.05) is 7.11 Å². The van der Waals surface area contributed by atoms with Crippen LogP contribution in [0.5, 0.6) is 0 Å². The molecular formula is C14H15F3O2. The van der Waals surface area contributed by atoms with Crippen LogP contribution in [0.1, 0.15) is 53.1 Å². The molecular weight excluding hydrogens is 257 g/mol. The second kappa shape index (κ2) is 5.23. The highest BCUT2D eigenvalue weighted by Crippen LogP contribution is 2.41. The molecule has 0 unspecified atom stereocenters. The Bertz CT molecular complexity index is 474. The first-order chi connectivity index (χ1) is 8.93. The van der Waals surface area contributed by atoms with E-state index < -0.39 is 17.7 Å². The maximum atomic E-state index is 13.1. The number of hydrogen-bond donors (Lipinski definition) is 0. The van der Waals surface area contributed by atoms with E-state index >= 15 is 0 Å². The Labute approximate surface area is 109 Å². The lowest BCUT2D eigenvalue weighted by Crippen LogP contribution is -2.13. The van der Waals surface area contributed by atoms with Gasteiger partial charge in [0.05, 0.1) is 18.2 Å². The van der Waals surface area contributed by atoms with Crippen LogP contribution < -0.4 is 0 Å². The minimum atomic E-state index is -4.44. The summed E-state index contributed by atoms with van der Waals surface area (Å²) in [7, 11) is 1.15. The van der Waals surface area contributed by atoms with Crippen LogP contribution in [0.3, 0.4) is 0 Å². The summed E-state index contributed by atoms with van der Waals surface area (Å²) in [6.07, 6.45) is -0.968. The van der Waals surface area contributed by atoms with Crippen molar-refractivity contribution in [3.8, 4) is 0 Å². The fraction of sp³-hybridized carbons (Fsp3) is 0.500. The largest absolute Gasteiger partial charge is 0.465 e. The zero-order valence-corrected chi connectivity index (χ0v) is 10.6. The molecule has 0 amide bonds. The molecule has 2 nitrogen and oxygen atoms in total. The van der Waals surface area contributed by atoms with Gasteiger partial charge >= 0.3 is 12.1 Å². The molecule has 1 fully saturated rings. The highest BCUT2D eigenvalue weighted by Gasteiger charge is 2.36. The van der Waals surface area contributed by atoms with Crippen LogP contribution in [0.25, 0.3) is 0 Å². The van der Waals surface area contributed by atoms with Gasteiger partial charge in [-0.2, -0.15) is 13.2 Å². The van der Waals surface area contributed by atoms with Crippen molar-refractivity contribution < 1.29 is 22.7 Å². The quantitative estimate of drug-likeness (QED) is 0.756. The van der Waals surface area contributed by atoms with Crippen molar-refractivity contribution in [3.05, 3.63) is 34.9 Å². The first-order valence-electron chi connectivity index (χ1n) is 6.23. The van der Waals surface area contributed by atoms with Gasteiger partial charge in [0.25, 0.3) is 0 Å². The number of esters is 1. The van der Waals surface area contributed by atoms with Gasteiger partial charge in [0.15, 0.2) is 0 Å². The molecule has 0 radical (unpaired) electrons. The van der Waals surface area contributed by atoms with Crippen molar-refractivity contribution in [3.63, 3.8) is 0 Å². The molecule has 0 saturated heterocycles. The zero-order chi connectivity index (χ0) is 14.0. The number of alkyl halides is 3. The third-order valence-electron chi connectivity index (χ3n) is 3.57. The number of carbonyl (C=O) groups excluding carboxylic acids is 1. The van der Waals surface area contributed by atoms with E-state index in [1.54, 1.807) is 0 Å². The monoisotopic (exact) mass is 272 g/mol. The van der Waals surface area contributed by atoms with Gasteiger partial charge in [-0.1, -0.05) is 18.9 Å². The molecule has 0 N–H and O–H groups in total. The number of benzene rings is 1. The average molecular weight is 272 g/mol. The molecule has 2 rings (SSSR count). The van der Waals surface area contributed by atoms with Gasteiger partial charge in [-0.05, 0) is 36.5 Å². The fourth-order valence-corrected chi connectivity index (χ4v) is 2.64. The lowest BCUT2D eigenvalue weighted by molar-refractivity contribution is -0.138. The Morgan fingerprint density at radius 3 is 2.42 bits per heavy atom. The summed E-state index contributed by atoms with van der Waals surface area (Å²) in [6.45, 7) is 0. The number of carbonyl (C=O) groups is 1. The van der Waals surface area contributed by atoms with E-state index in [4.69, 9.17) is 0 Å². The lowest BCUT2D eigenvalue weighted by atomic mass is 9.91. The van der Waals surface area contributed by atoms with Gasteiger partial charge in [0, 0.05) is 0 Å². The second-order valence-electron chi connectivity index (χ2n) is 4.77. The first-order valence-corrected chi connectivity index (χ1v) is 6.23. The molecule has 0 aliphatic heterocycles. The van der Waals surface area contributed by atoms with Gasteiger partial charge in [-0.15, -0.1) is 0 Å². The van der Waals surface area contributed by atoms with Gasteiger partial charge in [0.2, 0.25) is 0 Å². The van der Waals surface area contributed by atoms with E-state index in [2.05, 4.69) is 4.74 Å². The van der Waals surface area contributed by atoms with Crippen LogP contribution in [0.15, 0.2) is 18.2 Å². The molecule has 0 atom stereocenters. The van der Waals surface area contributed by atoms with Crippen LogP contribution in [-0.4, -0.2) is 13.1 Å². The number of hydrogen-bond acceptors (Lipinski definition) is 2. The molecule has 1 aromatic rings. The zero-order valence-electron chi connectivity index (χ0n) is 10.6. The third kappa shape index (κ3) is 2.91. The van der Waals surface area contributed by atoms with E-state index in [9.17, 15) is 18.0 Å². The highest BCUT2D eigenvalue weighted by molar-refractivity contribution is 5.89. The predicted octanol–water partition coefficient (Wildman–Crippen LogP) is 4.15. The van der Waals surface area contributed by atoms with Gasteiger partial charge in [0.1, 0.15) is 0 Å². The second-order valence-corrected chi connectivity index (χ2v) is 4.77. The molecule has 5 heteroatoms. The van der Waals surface area contributed by atoms with Gasteiger partial charge in [-0.25, -0.2) is 4.79 Å². The minimum absolute atomic E-state index is 0.0525. The summed E-state index contributed by atoms with van der Waals surface area (Å²) in [5.41, 5.74) is -0.462. The highest BCUT2D eigenvalue weighted by atomic mass is 19.4. The standard InChI is InChI=1S/C14H15F3O2/c1-19-13(18)10-6-7-11(9-4-2-3-5-9)12(8-10)14(15,16)17/h6-9H,2-5H2,1H3. The van der Waals surface area contributed by atoms with Crippen molar-refractivity contribution in [1.82, 2.24) is 0 Å². The Morgan fingerprint density at radius 1 is 1.26 bits per heavy atom. The summed E-state index contributed by atoms with van der Waals surface area (Å²) < 4.78 is 43.8. The number of ether oxygens (including phenoxy) is 1. The van der Waals surface area contributed by atoms with E-state index in [1.807, 2.05) is 0 Å². The molecule has 104 valence electrons. The first kappa shape index (κ1) is 13.9.